The van der Waals surface area contributed by atoms with Crippen LogP contribution in [0.5, 0.6) is 5.75 Å². The number of rotatable bonds is 6. The fourth-order valence-electron chi connectivity index (χ4n) is 2.79. The molecular weight excluding hydrogens is 310 g/mol. The largest absolute Gasteiger partial charge is 0.481 e. The van der Waals surface area contributed by atoms with Crippen molar-refractivity contribution in [3.63, 3.8) is 0 Å². The van der Waals surface area contributed by atoms with Crippen LogP contribution < -0.4 is 10.1 Å². The van der Waals surface area contributed by atoms with E-state index in [2.05, 4.69) is 44.3 Å². The van der Waals surface area contributed by atoms with Gasteiger partial charge >= 0.3 is 0 Å². The summed E-state index contributed by atoms with van der Waals surface area (Å²) in [6, 6.07) is 12.2. The molecule has 0 radical (unpaired) electrons. The van der Waals surface area contributed by atoms with Crippen LogP contribution in [0.2, 0.25) is 0 Å². The fraction of sp³-hybridized carbons (Fsp3) is 0.409. The van der Waals surface area contributed by atoms with Crippen molar-refractivity contribution in [3.8, 4) is 5.75 Å². The highest BCUT2D eigenvalue weighted by Gasteiger charge is 2.20. The summed E-state index contributed by atoms with van der Waals surface area (Å²) in [6.07, 6.45) is 0.297. The number of carbonyl (C=O) groups is 1. The molecule has 2 aromatic carbocycles. The summed E-state index contributed by atoms with van der Waals surface area (Å²) in [5.74, 6) is 0.674. The van der Waals surface area contributed by atoms with E-state index in [1.54, 1.807) is 6.92 Å². The Kier molecular flexibility index (Phi) is 6.24. The van der Waals surface area contributed by atoms with E-state index in [1.165, 1.54) is 11.1 Å². The third-order valence-corrected chi connectivity index (χ3v) is 4.89. The Morgan fingerprint density at radius 1 is 1.04 bits per heavy atom. The average molecular weight is 339 g/mol. The van der Waals surface area contributed by atoms with Crippen LogP contribution in [0.4, 0.5) is 0 Å². The summed E-state index contributed by atoms with van der Waals surface area (Å²) in [5.41, 5.74) is 5.87. The van der Waals surface area contributed by atoms with Crippen LogP contribution in [0.25, 0.3) is 0 Å². The molecule has 0 unspecified atom stereocenters. The third-order valence-electron chi connectivity index (χ3n) is 4.89. The highest BCUT2D eigenvalue weighted by Crippen LogP contribution is 2.23. The molecule has 0 saturated heterocycles. The lowest BCUT2D eigenvalue weighted by Gasteiger charge is -2.22. The maximum absolute atomic E-state index is 12.6. The van der Waals surface area contributed by atoms with E-state index >= 15 is 0 Å². The smallest absolute Gasteiger partial charge is 0.261 e. The van der Waals surface area contributed by atoms with Gasteiger partial charge < -0.3 is 10.1 Å². The summed E-state index contributed by atoms with van der Waals surface area (Å²) < 4.78 is 5.90. The molecule has 1 amide bonds. The van der Waals surface area contributed by atoms with E-state index < -0.39 is 6.10 Å². The zero-order chi connectivity index (χ0) is 18.6. The Morgan fingerprint density at radius 3 is 2.40 bits per heavy atom. The number of benzene rings is 2. The van der Waals surface area contributed by atoms with Crippen LogP contribution in [0.15, 0.2) is 36.4 Å². The molecule has 0 aliphatic heterocycles. The van der Waals surface area contributed by atoms with E-state index in [4.69, 9.17) is 4.74 Å². The number of nitrogens with one attached hydrogen (secondary N) is 1. The number of hydrogen-bond donors (Lipinski definition) is 1. The van der Waals surface area contributed by atoms with Crippen LogP contribution in [0.1, 0.15) is 54.1 Å². The molecule has 0 aliphatic rings. The topological polar surface area (TPSA) is 38.3 Å². The van der Waals surface area contributed by atoms with Crippen molar-refractivity contribution in [1.29, 1.82) is 0 Å². The average Bonchev–Trinajstić information content (AvgIpc) is 2.59. The molecule has 2 atom stereocenters. The Morgan fingerprint density at radius 2 is 1.76 bits per heavy atom. The van der Waals surface area contributed by atoms with Gasteiger partial charge in [0.1, 0.15) is 5.75 Å². The molecule has 0 fully saturated rings. The number of aryl methyl sites for hydroxylation is 3. The van der Waals surface area contributed by atoms with Gasteiger partial charge in [-0.2, -0.15) is 0 Å². The van der Waals surface area contributed by atoms with Gasteiger partial charge in [0.2, 0.25) is 0 Å². The molecular formula is C22H29NO2. The Bertz CT molecular complexity index is 752. The second-order valence-corrected chi connectivity index (χ2v) is 6.77. The van der Waals surface area contributed by atoms with Crippen LogP contribution in [-0.2, 0) is 4.79 Å². The van der Waals surface area contributed by atoms with Gasteiger partial charge in [0.05, 0.1) is 6.04 Å². The Balaban J connectivity index is 2.08. The van der Waals surface area contributed by atoms with Crippen LogP contribution in [-0.4, -0.2) is 12.0 Å². The predicted molar refractivity (Wildman–Crippen MR) is 103 cm³/mol. The first-order valence-electron chi connectivity index (χ1n) is 8.93. The monoisotopic (exact) mass is 339 g/mol. The van der Waals surface area contributed by atoms with Crippen molar-refractivity contribution in [2.24, 2.45) is 0 Å². The zero-order valence-corrected chi connectivity index (χ0v) is 16.1. The van der Waals surface area contributed by atoms with Gasteiger partial charge in [-0.15, -0.1) is 0 Å². The minimum absolute atomic E-state index is 0.00328. The minimum atomic E-state index is -0.541. The van der Waals surface area contributed by atoms with Crippen LogP contribution >= 0.6 is 0 Å². The molecule has 2 rings (SSSR count). The number of hydrogen-bond acceptors (Lipinski definition) is 2. The Hall–Kier alpha value is -2.29. The van der Waals surface area contributed by atoms with Gasteiger partial charge in [-0.1, -0.05) is 37.3 Å². The molecule has 0 bridgehead atoms. The molecule has 3 heteroatoms. The van der Waals surface area contributed by atoms with Crippen molar-refractivity contribution in [2.75, 3.05) is 0 Å². The summed E-state index contributed by atoms with van der Waals surface area (Å²) in [4.78, 5) is 12.6. The number of ether oxygens (including phenoxy) is 1. The summed E-state index contributed by atoms with van der Waals surface area (Å²) in [5, 5.41) is 3.12. The highest BCUT2D eigenvalue weighted by molar-refractivity contribution is 5.81. The van der Waals surface area contributed by atoms with Gasteiger partial charge in [0.15, 0.2) is 6.10 Å². The lowest BCUT2D eigenvalue weighted by Crippen LogP contribution is -2.38. The highest BCUT2D eigenvalue weighted by atomic mass is 16.5. The maximum atomic E-state index is 12.6. The minimum Gasteiger partial charge on any atom is -0.481 e. The lowest BCUT2D eigenvalue weighted by molar-refractivity contribution is -0.128. The molecule has 1 N–H and O–H groups in total. The summed E-state index contributed by atoms with van der Waals surface area (Å²) >= 11 is 0. The van der Waals surface area contributed by atoms with E-state index in [1.807, 2.05) is 32.0 Å². The summed E-state index contributed by atoms with van der Waals surface area (Å²) in [6.45, 7) is 12.1. The quantitative estimate of drug-likeness (QED) is 0.808. The second-order valence-electron chi connectivity index (χ2n) is 6.77. The van der Waals surface area contributed by atoms with E-state index in [9.17, 15) is 4.79 Å². The second kappa shape index (κ2) is 8.19. The molecule has 3 nitrogen and oxygen atoms in total. The van der Waals surface area contributed by atoms with Crippen molar-refractivity contribution in [1.82, 2.24) is 5.32 Å². The number of amides is 1. The molecule has 0 heterocycles. The standard InChI is InChI=1S/C22H29NO2/c1-7-20(19-12-11-14(2)16(4)13-19)23-22(24)18(6)25-21-10-8-9-15(3)17(21)5/h8-13,18,20H,7H2,1-6H3,(H,23,24)/t18-,20-/m0/s1. The fourth-order valence-corrected chi connectivity index (χ4v) is 2.79. The lowest BCUT2D eigenvalue weighted by atomic mass is 9.99. The van der Waals surface area contributed by atoms with E-state index in [0.717, 1.165) is 28.9 Å². The summed E-state index contributed by atoms with van der Waals surface area (Å²) in [7, 11) is 0. The van der Waals surface area contributed by atoms with Crippen molar-refractivity contribution in [3.05, 3.63) is 64.2 Å². The molecule has 0 aromatic heterocycles. The van der Waals surface area contributed by atoms with Gasteiger partial charge in [-0.05, 0) is 74.9 Å². The maximum Gasteiger partial charge on any atom is 0.261 e. The van der Waals surface area contributed by atoms with Crippen molar-refractivity contribution in [2.45, 2.75) is 60.1 Å². The van der Waals surface area contributed by atoms with Gasteiger partial charge in [0, 0.05) is 0 Å². The first kappa shape index (κ1) is 19.0. The first-order valence-corrected chi connectivity index (χ1v) is 8.93. The molecule has 2 aromatic rings. The Labute approximate surface area is 151 Å². The number of carbonyl (C=O) groups excluding carboxylic acids is 1. The van der Waals surface area contributed by atoms with E-state index in [0.29, 0.717) is 0 Å². The van der Waals surface area contributed by atoms with Crippen molar-refractivity contribution < 1.29 is 9.53 Å². The van der Waals surface area contributed by atoms with Gasteiger partial charge in [-0.3, -0.25) is 4.79 Å². The molecule has 134 valence electrons. The zero-order valence-electron chi connectivity index (χ0n) is 16.1. The van der Waals surface area contributed by atoms with Gasteiger partial charge in [0.25, 0.3) is 5.91 Å². The van der Waals surface area contributed by atoms with Crippen molar-refractivity contribution >= 4 is 5.91 Å². The predicted octanol–water partition coefficient (Wildman–Crippen LogP) is 4.96. The molecule has 0 aliphatic carbocycles. The SMILES string of the molecule is CC[C@H](NC(=O)[C@H](C)Oc1cccc(C)c1C)c1ccc(C)c(C)c1. The van der Waals surface area contributed by atoms with Crippen LogP contribution in [0.3, 0.4) is 0 Å². The third kappa shape index (κ3) is 4.62. The molecule has 0 saturated carbocycles. The normalized spacial score (nSPS) is 13.2. The molecule has 25 heavy (non-hydrogen) atoms. The van der Waals surface area contributed by atoms with Gasteiger partial charge in [-0.25, -0.2) is 0 Å². The van der Waals surface area contributed by atoms with E-state index in [-0.39, 0.29) is 11.9 Å². The first-order chi connectivity index (χ1) is 11.8. The molecule has 0 spiro atoms. The van der Waals surface area contributed by atoms with Crippen LogP contribution in [0, 0.1) is 27.7 Å².